The molecule has 0 aliphatic carbocycles. The summed E-state index contributed by atoms with van der Waals surface area (Å²) < 4.78 is 26.2. The van der Waals surface area contributed by atoms with E-state index in [1.54, 1.807) is 19.1 Å². The van der Waals surface area contributed by atoms with Gasteiger partial charge in [-0.15, -0.1) is 0 Å². The first kappa shape index (κ1) is 27.7. The molecule has 7 nitrogen and oxygen atoms in total. The average molecular weight is 508 g/mol. The number of hydrogen-bond donors (Lipinski definition) is 1. The van der Waals surface area contributed by atoms with Gasteiger partial charge in [-0.25, -0.2) is 8.42 Å². The van der Waals surface area contributed by atoms with E-state index in [2.05, 4.69) is 5.32 Å². The number of hydrogen-bond acceptors (Lipinski definition) is 4. The first-order valence-electron chi connectivity index (χ1n) is 11.2. The molecule has 0 bridgehead atoms. The van der Waals surface area contributed by atoms with Crippen LogP contribution in [0.4, 0.5) is 5.69 Å². The number of nitrogens with zero attached hydrogens (tertiary/aromatic N) is 2. The summed E-state index contributed by atoms with van der Waals surface area (Å²) in [7, 11) is -3.80. The predicted octanol–water partition coefficient (Wildman–Crippen LogP) is 4.05. The minimum Gasteiger partial charge on any atom is -0.352 e. The van der Waals surface area contributed by atoms with Gasteiger partial charge in [0.15, 0.2) is 0 Å². The van der Waals surface area contributed by atoms with Crippen molar-refractivity contribution in [3.63, 3.8) is 0 Å². The van der Waals surface area contributed by atoms with Crippen molar-refractivity contribution in [1.29, 1.82) is 0 Å². The number of carbonyl (C=O) groups excluding carboxylic acids is 2. The Morgan fingerprint density at radius 3 is 2.21 bits per heavy atom. The van der Waals surface area contributed by atoms with Crippen LogP contribution in [0.15, 0.2) is 42.5 Å². The average Bonchev–Trinajstić information content (AvgIpc) is 2.77. The number of halogens is 1. The molecule has 2 amide bonds. The molecule has 0 unspecified atom stereocenters. The largest absolute Gasteiger partial charge is 0.352 e. The lowest BCUT2D eigenvalue weighted by atomic mass is 10.1. The van der Waals surface area contributed by atoms with Crippen LogP contribution in [-0.4, -0.2) is 50.0 Å². The normalized spacial score (nSPS) is 13.1. The van der Waals surface area contributed by atoms with Crippen LogP contribution < -0.4 is 9.62 Å². The lowest BCUT2D eigenvalue weighted by Crippen LogP contribution is -2.52. The zero-order chi connectivity index (χ0) is 25.6. The van der Waals surface area contributed by atoms with E-state index in [0.29, 0.717) is 10.7 Å². The van der Waals surface area contributed by atoms with E-state index in [-0.39, 0.29) is 18.5 Å². The predicted molar refractivity (Wildman–Crippen MR) is 137 cm³/mol. The molecule has 0 saturated carbocycles. The van der Waals surface area contributed by atoms with Crippen LogP contribution in [0.25, 0.3) is 0 Å². The standard InChI is InChI=1S/C25H34ClN3O4S/c1-7-19(4)27-25(31)20(5)28(15-21-11-8-17(2)9-12-21)24(30)16-29(34(6,32)33)22-13-10-18(3)23(26)14-22/h8-14,19-20H,7,15-16H2,1-6H3,(H,27,31)/t19-,20+/m0/s1. The Morgan fingerprint density at radius 2 is 1.68 bits per heavy atom. The number of rotatable bonds is 10. The second-order valence-electron chi connectivity index (χ2n) is 8.70. The summed E-state index contributed by atoms with van der Waals surface area (Å²) in [5, 5.41) is 3.31. The summed E-state index contributed by atoms with van der Waals surface area (Å²) in [4.78, 5) is 27.8. The maximum Gasteiger partial charge on any atom is 0.244 e. The summed E-state index contributed by atoms with van der Waals surface area (Å²) in [5.74, 6) is -0.784. The van der Waals surface area contributed by atoms with E-state index in [0.717, 1.165) is 33.7 Å². The number of amides is 2. The Kier molecular flexibility index (Phi) is 9.53. The minimum absolute atomic E-state index is 0.0477. The molecular formula is C25H34ClN3O4S. The van der Waals surface area contributed by atoms with E-state index in [9.17, 15) is 18.0 Å². The van der Waals surface area contributed by atoms with Gasteiger partial charge in [-0.1, -0.05) is 54.4 Å². The fraction of sp³-hybridized carbons (Fsp3) is 0.440. The first-order valence-corrected chi connectivity index (χ1v) is 13.4. The van der Waals surface area contributed by atoms with E-state index in [4.69, 9.17) is 11.6 Å². The van der Waals surface area contributed by atoms with Gasteiger partial charge in [-0.05, 0) is 57.4 Å². The molecule has 0 aromatic heterocycles. The quantitative estimate of drug-likeness (QED) is 0.525. The molecule has 0 heterocycles. The Bertz CT molecular complexity index is 1120. The van der Waals surface area contributed by atoms with E-state index in [1.165, 1.54) is 11.0 Å². The van der Waals surface area contributed by atoms with Crippen LogP contribution in [-0.2, 0) is 26.2 Å². The summed E-state index contributed by atoms with van der Waals surface area (Å²) in [6, 6.07) is 11.6. The van der Waals surface area contributed by atoms with Gasteiger partial charge in [0, 0.05) is 17.6 Å². The molecule has 1 N–H and O–H groups in total. The molecule has 2 rings (SSSR count). The molecule has 0 saturated heterocycles. The Hall–Kier alpha value is -2.58. The Labute approximate surface area is 208 Å². The van der Waals surface area contributed by atoms with Gasteiger partial charge in [0.05, 0.1) is 11.9 Å². The van der Waals surface area contributed by atoms with Crippen LogP contribution in [0.2, 0.25) is 5.02 Å². The van der Waals surface area contributed by atoms with Crippen LogP contribution in [0.1, 0.15) is 43.9 Å². The molecule has 0 fully saturated rings. The van der Waals surface area contributed by atoms with Crippen molar-refractivity contribution in [3.8, 4) is 0 Å². The Morgan fingerprint density at radius 1 is 1.06 bits per heavy atom. The van der Waals surface area contributed by atoms with E-state index in [1.807, 2.05) is 52.0 Å². The maximum absolute atomic E-state index is 13.5. The molecule has 2 atom stereocenters. The van der Waals surface area contributed by atoms with Gasteiger partial charge in [0.1, 0.15) is 12.6 Å². The molecule has 34 heavy (non-hydrogen) atoms. The van der Waals surface area contributed by atoms with Crippen molar-refractivity contribution in [2.75, 3.05) is 17.1 Å². The number of benzene rings is 2. The van der Waals surface area contributed by atoms with Gasteiger partial charge < -0.3 is 10.2 Å². The first-order chi connectivity index (χ1) is 15.8. The van der Waals surface area contributed by atoms with Crippen molar-refractivity contribution < 1.29 is 18.0 Å². The van der Waals surface area contributed by atoms with Gasteiger partial charge in [-0.3, -0.25) is 13.9 Å². The third-order valence-electron chi connectivity index (χ3n) is 5.76. The van der Waals surface area contributed by atoms with Crippen molar-refractivity contribution in [3.05, 3.63) is 64.2 Å². The lowest BCUT2D eigenvalue weighted by molar-refractivity contribution is -0.139. The van der Waals surface area contributed by atoms with Crippen molar-refractivity contribution in [2.45, 2.75) is 59.7 Å². The lowest BCUT2D eigenvalue weighted by Gasteiger charge is -2.32. The molecule has 0 aliphatic heterocycles. The van der Waals surface area contributed by atoms with Gasteiger partial charge in [0.2, 0.25) is 21.8 Å². The van der Waals surface area contributed by atoms with E-state index >= 15 is 0 Å². The monoisotopic (exact) mass is 507 g/mol. The van der Waals surface area contributed by atoms with Crippen molar-refractivity contribution in [2.24, 2.45) is 0 Å². The summed E-state index contributed by atoms with van der Waals surface area (Å²) in [6.07, 6.45) is 1.79. The second kappa shape index (κ2) is 11.7. The number of nitrogens with one attached hydrogen (secondary N) is 1. The Balaban J connectivity index is 2.39. The minimum atomic E-state index is -3.80. The third-order valence-corrected chi connectivity index (χ3v) is 7.31. The van der Waals surface area contributed by atoms with Crippen molar-refractivity contribution in [1.82, 2.24) is 10.2 Å². The molecule has 9 heteroatoms. The van der Waals surface area contributed by atoms with Crippen LogP contribution in [0.3, 0.4) is 0 Å². The van der Waals surface area contributed by atoms with Gasteiger partial charge in [0.25, 0.3) is 0 Å². The second-order valence-corrected chi connectivity index (χ2v) is 11.0. The molecule has 186 valence electrons. The zero-order valence-corrected chi connectivity index (χ0v) is 22.2. The summed E-state index contributed by atoms with van der Waals surface area (Å²) in [5.41, 5.74) is 3.00. The van der Waals surface area contributed by atoms with Gasteiger partial charge in [-0.2, -0.15) is 0 Å². The molecule has 0 radical (unpaired) electrons. The summed E-state index contributed by atoms with van der Waals surface area (Å²) >= 11 is 6.21. The van der Waals surface area contributed by atoms with E-state index < -0.39 is 28.5 Å². The smallest absolute Gasteiger partial charge is 0.244 e. The highest BCUT2D eigenvalue weighted by atomic mass is 35.5. The summed E-state index contributed by atoms with van der Waals surface area (Å²) in [6.45, 7) is 8.99. The number of sulfonamides is 1. The maximum atomic E-state index is 13.5. The highest BCUT2D eigenvalue weighted by Gasteiger charge is 2.30. The number of carbonyl (C=O) groups is 2. The van der Waals surface area contributed by atoms with Gasteiger partial charge >= 0.3 is 0 Å². The van der Waals surface area contributed by atoms with Crippen LogP contribution in [0, 0.1) is 13.8 Å². The topological polar surface area (TPSA) is 86.8 Å². The molecule has 2 aromatic carbocycles. The number of aryl methyl sites for hydroxylation is 2. The van der Waals surface area contributed by atoms with Crippen molar-refractivity contribution >= 4 is 39.1 Å². The van der Waals surface area contributed by atoms with Crippen LogP contribution >= 0.6 is 11.6 Å². The fourth-order valence-electron chi connectivity index (χ4n) is 3.29. The SMILES string of the molecule is CC[C@H](C)NC(=O)[C@@H](C)N(Cc1ccc(C)cc1)C(=O)CN(c1ccc(C)c(Cl)c1)S(C)(=O)=O. The highest BCUT2D eigenvalue weighted by molar-refractivity contribution is 7.92. The number of anilines is 1. The highest BCUT2D eigenvalue weighted by Crippen LogP contribution is 2.25. The zero-order valence-electron chi connectivity index (χ0n) is 20.6. The molecular weight excluding hydrogens is 474 g/mol. The fourth-order valence-corrected chi connectivity index (χ4v) is 4.31. The molecule has 0 spiro atoms. The molecule has 2 aromatic rings. The van der Waals surface area contributed by atoms with Crippen LogP contribution in [0.5, 0.6) is 0 Å². The third kappa shape index (κ3) is 7.46. The molecule has 0 aliphatic rings.